The Labute approximate surface area is 130 Å². The van der Waals surface area contributed by atoms with Crippen LogP contribution in [0.2, 0.25) is 0 Å². The van der Waals surface area contributed by atoms with Crippen LogP contribution < -0.4 is 0 Å². The number of rotatable bonds is 2. The normalized spacial score (nSPS) is 11.1. The molecule has 0 N–H and O–H groups in total. The lowest BCUT2D eigenvalue weighted by Gasteiger charge is -2.10. The molecule has 0 fully saturated rings. The number of nitrogens with zero attached hydrogens (tertiary/aromatic N) is 1. The Morgan fingerprint density at radius 2 is 1.45 bits per heavy atom. The van der Waals surface area contributed by atoms with Gasteiger partial charge in [0, 0.05) is 17.0 Å². The molecule has 106 valence electrons. The average molecular weight is 283 g/mol. The van der Waals surface area contributed by atoms with Gasteiger partial charge >= 0.3 is 0 Å². The Morgan fingerprint density at radius 3 is 2.36 bits per heavy atom. The summed E-state index contributed by atoms with van der Waals surface area (Å²) in [5, 5.41) is 3.71. The molecule has 0 radical (unpaired) electrons. The topological polar surface area (TPSA) is 12.9 Å². The zero-order chi connectivity index (χ0) is 14.9. The van der Waals surface area contributed by atoms with Gasteiger partial charge < -0.3 is 0 Å². The van der Waals surface area contributed by atoms with E-state index < -0.39 is 0 Å². The van der Waals surface area contributed by atoms with Gasteiger partial charge in [0.1, 0.15) is 0 Å². The van der Waals surface area contributed by atoms with E-state index >= 15 is 0 Å². The molecule has 22 heavy (non-hydrogen) atoms. The number of hydrogen-bond acceptors (Lipinski definition) is 1. The van der Waals surface area contributed by atoms with Gasteiger partial charge in [-0.05, 0) is 35.4 Å². The third-order valence-electron chi connectivity index (χ3n) is 4.35. The van der Waals surface area contributed by atoms with Gasteiger partial charge in [-0.15, -0.1) is 0 Å². The van der Waals surface area contributed by atoms with Gasteiger partial charge in [-0.1, -0.05) is 66.7 Å². The van der Waals surface area contributed by atoms with Gasteiger partial charge in [-0.2, -0.15) is 0 Å². The van der Waals surface area contributed by atoms with E-state index in [4.69, 9.17) is 4.98 Å². The fraction of sp³-hybridized carbons (Fsp3) is 0.0952. The zero-order valence-corrected chi connectivity index (χ0v) is 12.6. The molecule has 1 aromatic heterocycles. The summed E-state index contributed by atoms with van der Waals surface area (Å²) in [6.45, 7) is 2.17. The summed E-state index contributed by atoms with van der Waals surface area (Å²) in [6, 6.07) is 23.5. The van der Waals surface area contributed by atoms with Gasteiger partial charge in [-0.25, -0.2) is 0 Å². The predicted molar refractivity (Wildman–Crippen MR) is 93.2 cm³/mol. The molecule has 0 saturated heterocycles. The molecular weight excluding hydrogens is 266 g/mol. The van der Waals surface area contributed by atoms with E-state index in [0.717, 1.165) is 11.9 Å². The second-order valence-corrected chi connectivity index (χ2v) is 5.76. The smallest absolute Gasteiger partial charge is 0.0743 e. The third-order valence-corrected chi connectivity index (χ3v) is 4.35. The number of para-hydroxylation sites is 1. The van der Waals surface area contributed by atoms with Crippen LogP contribution in [0.3, 0.4) is 0 Å². The molecule has 0 aliphatic carbocycles. The van der Waals surface area contributed by atoms with E-state index in [1.54, 1.807) is 0 Å². The molecule has 4 rings (SSSR count). The SMILES string of the molecule is Cc1ccccc1Cc1cccc2c1ncc1ccccc12. The molecule has 0 amide bonds. The van der Waals surface area contributed by atoms with Crippen molar-refractivity contribution in [3.63, 3.8) is 0 Å². The molecule has 4 aromatic rings. The largest absolute Gasteiger partial charge is 0.255 e. The van der Waals surface area contributed by atoms with Crippen LogP contribution in [0.4, 0.5) is 0 Å². The van der Waals surface area contributed by atoms with Crippen molar-refractivity contribution in [3.05, 3.63) is 89.6 Å². The first-order valence-corrected chi connectivity index (χ1v) is 7.63. The van der Waals surface area contributed by atoms with Crippen LogP contribution in [-0.4, -0.2) is 4.98 Å². The van der Waals surface area contributed by atoms with Gasteiger partial charge in [0.25, 0.3) is 0 Å². The molecule has 0 bridgehead atoms. The van der Waals surface area contributed by atoms with E-state index in [-0.39, 0.29) is 0 Å². The summed E-state index contributed by atoms with van der Waals surface area (Å²) < 4.78 is 0. The van der Waals surface area contributed by atoms with Gasteiger partial charge in [0.2, 0.25) is 0 Å². The average Bonchev–Trinajstić information content (AvgIpc) is 2.57. The van der Waals surface area contributed by atoms with Crippen LogP contribution in [0.15, 0.2) is 72.9 Å². The first kappa shape index (κ1) is 13.0. The van der Waals surface area contributed by atoms with E-state index in [9.17, 15) is 0 Å². The predicted octanol–water partition coefficient (Wildman–Crippen LogP) is 5.29. The number of hydrogen-bond donors (Lipinski definition) is 0. The quantitative estimate of drug-likeness (QED) is 0.456. The highest BCUT2D eigenvalue weighted by molar-refractivity contribution is 6.06. The van der Waals surface area contributed by atoms with Crippen LogP contribution in [0, 0.1) is 6.92 Å². The molecule has 0 atom stereocenters. The van der Waals surface area contributed by atoms with Crippen LogP contribution in [-0.2, 0) is 6.42 Å². The van der Waals surface area contributed by atoms with E-state index in [1.165, 1.54) is 32.8 Å². The highest BCUT2D eigenvalue weighted by Gasteiger charge is 2.07. The number of fused-ring (bicyclic) bond motifs is 3. The minimum Gasteiger partial charge on any atom is -0.255 e. The van der Waals surface area contributed by atoms with Crippen LogP contribution in [0.25, 0.3) is 21.7 Å². The lowest BCUT2D eigenvalue weighted by molar-refractivity contribution is 1.16. The summed E-state index contributed by atoms with van der Waals surface area (Å²) in [7, 11) is 0. The van der Waals surface area contributed by atoms with E-state index in [1.807, 2.05) is 6.20 Å². The van der Waals surface area contributed by atoms with E-state index in [0.29, 0.717) is 0 Å². The Hall–Kier alpha value is -2.67. The summed E-state index contributed by atoms with van der Waals surface area (Å²) >= 11 is 0. The van der Waals surface area contributed by atoms with Gasteiger partial charge in [-0.3, -0.25) is 4.98 Å². The van der Waals surface area contributed by atoms with Crippen molar-refractivity contribution in [2.45, 2.75) is 13.3 Å². The summed E-state index contributed by atoms with van der Waals surface area (Å²) in [6.07, 6.45) is 2.91. The molecule has 0 unspecified atom stereocenters. The highest BCUT2D eigenvalue weighted by Crippen LogP contribution is 2.27. The molecule has 1 heterocycles. The van der Waals surface area contributed by atoms with E-state index in [2.05, 4.69) is 73.7 Å². The molecule has 0 spiro atoms. The van der Waals surface area contributed by atoms with Crippen molar-refractivity contribution in [1.29, 1.82) is 0 Å². The molecular formula is C21H17N. The van der Waals surface area contributed by atoms with Crippen molar-refractivity contribution in [2.75, 3.05) is 0 Å². The molecule has 0 aliphatic rings. The van der Waals surface area contributed by atoms with Crippen LogP contribution in [0.1, 0.15) is 16.7 Å². The Morgan fingerprint density at radius 1 is 0.727 bits per heavy atom. The Kier molecular flexibility index (Phi) is 3.12. The van der Waals surface area contributed by atoms with Crippen LogP contribution >= 0.6 is 0 Å². The maximum atomic E-state index is 4.74. The maximum absolute atomic E-state index is 4.74. The number of benzene rings is 3. The summed E-state index contributed by atoms with van der Waals surface area (Å²) in [5.41, 5.74) is 5.10. The lowest BCUT2D eigenvalue weighted by atomic mass is 9.97. The molecule has 0 saturated carbocycles. The maximum Gasteiger partial charge on any atom is 0.0743 e. The van der Waals surface area contributed by atoms with Crippen molar-refractivity contribution in [2.24, 2.45) is 0 Å². The molecule has 1 nitrogen and oxygen atoms in total. The first-order valence-electron chi connectivity index (χ1n) is 7.63. The molecule has 1 heteroatoms. The number of aryl methyl sites for hydroxylation is 1. The minimum atomic E-state index is 0.926. The van der Waals surface area contributed by atoms with Crippen molar-refractivity contribution >= 4 is 21.7 Å². The Bertz CT molecular complexity index is 970. The fourth-order valence-corrected chi connectivity index (χ4v) is 3.11. The van der Waals surface area contributed by atoms with Crippen molar-refractivity contribution in [1.82, 2.24) is 4.98 Å². The van der Waals surface area contributed by atoms with Crippen LogP contribution in [0.5, 0.6) is 0 Å². The van der Waals surface area contributed by atoms with Gasteiger partial charge in [0.05, 0.1) is 5.52 Å². The summed E-state index contributed by atoms with van der Waals surface area (Å²) in [4.78, 5) is 4.74. The zero-order valence-electron chi connectivity index (χ0n) is 12.6. The minimum absolute atomic E-state index is 0.926. The third kappa shape index (κ3) is 2.15. The number of aromatic nitrogens is 1. The molecule has 3 aromatic carbocycles. The molecule has 0 aliphatic heterocycles. The van der Waals surface area contributed by atoms with Gasteiger partial charge in [0.15, 0.2) is 0 Å². The first-order chi connectivity index (χ1) is 10.8. The number of pyridine rings is 1. The Balaban J connectivity index is 1.92. The fourth-order valence-electron chi connectivity index (χ4n) is 3.11. The second kappa shape index (κ2) is 5.27. The highest BCUT2D eigenvalue weighted by atomic mass is 14.7. The van der Waals surface area contributed by atoms with Crippen molar-refractivity contribution < 1.29 is 0 Å². The summed E-state index contributed by atoms with van der Waals surface area (Å²) in [5.74, 6) is 0. The lowest BCUT2D eigenvalue weighted by Crippen LogP contribution is -1.94. The van der Waals surface area contributed by atoms with Crippen molar-refractivity contribution in [3.8, 4) is 0 Å². The standard InChI is InChI=1S/C21H17N/c1-15-7-2-3-8-16(15)13-17-10-6-12-20-19-11-5-4-9-18(19)14-22-21(17)20/h2-12,14H,13H2,1H3. The monoisotopic (exact) mass is 283 g/mol. The second-order valence-electron chi connectivity index (χ2n) is 5.76.